The van der Waals surface area contributed by atoms with Crippen LogP contribution in [0.25, 0.3) is 21.8 Å². The van der Waals surface area contributed by atoms with Crippen LogP contribution in [0.5, 0.6) is 5.75 Å². The number of fused-ring (bicyclic) bond motifs is 5. The van der Waals surface area contributed by atoms with E-state index in [1.54, 1.807) is 6.07 Å². The van der Waals surface area contributed by atoms with Crippen molar-refractivity contribution in [2.24, 2.45) is 5.16 Å². The van der Waals surface area contributed by atoms with Gasteiger partial charge in [0.2, 0.25) is 5.78 Å². The number of ketones is 2. The third kappa shape index (κ3) is 4.49. The molecule has 0 saturated carbocycles. The number of benzene rings is 3. The van der Waals surface area contributed by atoms with E-state index >= 15 is 0 Å². The van der Waals surface area contributed by atoms with Crippen molar-refractivity contribution in [1.29, 1.82) is 0 Å². The molecule has 0 bridgehead atoms. The first kappa shape index (κ1) is 25.4. The Bertz CT molecular complexity index is 1610. The molecule has 194 valence electrons. The van der Waals surface area contributed by atoms with Crippen LogP contribution in [0.15, 0.2) is 59.8 Å². The lowest BCUT2D eigenvalue weighted by Gasteiger charge is -2.09. The van der Waals surface area contributed by atoms with E-state index in [-0.39, 0.29) is 36.7 Å². The van der Waals surface area contributed by atoms with Crippen LogP contribution in [-0.4, -0.2) is 34.4 Å². The summed E-state index contributed by atoms with van der Waals surface area (Å²) in [5.74, 6) is -0.370. The summed E-state index contributed by atoms with van der Waals surface area (Å²) in [7, 11) is 0. The highest BCUT2D eigenvalue weighted by atomic mass is 16.7. The Morgan fingerprint density at radius 1 is 1.05 bits per heavy atom. The molecule has 4 aromatic rings. The molecular formula is C31H30N2O5. The van der Waals surface area contributed by atoms with Crippen molar-refractivity contribution >= 4 is 45.1 Å². The summed E-state index contributed by atoms with van der Waals surface area (Å²) in [5.41, 5.74) is 4.54. The molecular weight excluding hydrogens is 480 g/mol. The second-order valence-electron chi connectivity index (χ2n) is 9.49. The molecule has 7 heteroatoms. The highest BCUT2D eigenvalue weighted by Crippen LogP contribution is 2.40. The molecule has 2 heterocycles. The van der Waals surface area contributed by atoms with Crippen molar-refractivity contribution < 1.29 is 24.0 Å². The van der Waals surface area contributed by atoms with Crippen molar-refractivity contribution in [1.82, 2.24) is 4.57 Å². The number of nitrogens with zero attached hydrogens (tertiary/aromatic N) is 2. The third-order valence-corrected chi connectivity index (χ3v) is 7.04. The van der Waals surface area contributed by atoms with Gasteiger partial charge in [0.15, 0.2) is 5.78 Å². The van der Waals surface area contributed by atoms with Crippen LogP contribution in [0.1, 0.15) is 71.4 Å². The molecule has 0 spiro atoms. The van der Waals surface area contributed by atoms with Crippen LogP contribution in [0.4, 0.5) is 0 Å². The summed E-state index contributed by atoms with van der Waals surface area (Å²) in [6, 6.07) is 16.9. The molecule has 0 N–H and O–H groups in total. The largest absolute Gasteiger partial charge is 0.492 e. The van der Waals surface area contributed by atoms with Gasteiger partial charge in [-0.25, -0.2) is 4.79 Å². The first-order valence-corrected chi connectivity index (χ1v) is 13.1. The van der Waals surface area contributed by atoms with Gasteiger partial charge in [0.05, 0.1) is 23.1 Å². The minimum absolute atomic E-state index is 0.0549. The number of carbonyl (C=O) groups excluding carboxylic acids is 3. The quantitative estimate of drug-likeness (QED) is 0.163. The highest BCUT2D eigenvalue weighted by Gasteiger charge is 2.28. The van der Waals surface area contributed by atoms with E-state index in [9.17, 15) is 14.4 Å². The number of hydrogen-bond donors (Lipinski definition) is 0. The monoisotopic (exact) mass is 510 g/mol. The molecule has 1 aliphatic heterocycles. The van der Waals surface area contributed by atoms with Gasteiger partial charge in [-0.05, 0) is 56.2 Å². The van der Waals surface area contributed by atoms with Gasteiger partial charge in [-0.1, -0.05) is 42.8 Å². The van der Waals surface area contributed by atoms with Gasteiger partial charge in [-0.2, -0.15) is 0 Å². The van der Waals surface area contributed by atoms with E-state index in [0.717, 1.165) is 33.8 Å². The first-order valence-electron chi connectivity index (χ1n) is 13.1. The van der Waals surface area contributed by atoms with E-state index in [1.165, 1.54) is 0 Å². The zero-order valence-corrected chi connectivity index (χ0v) is 21.9. The summed E-state index contributed by atoms with van der Waals surface area (Å²) in [6.45, 7) is 6.89. The van der Waals surface area contributed by atoms with Gasteiger partial charge in [0, 0.05) is 41.4 Å². The molecule has 5 rings (SSSR count). The molecule has 0 aliphatic carbocycles. The zero-order valence-electron chi connectivity index (χ0n) is 21.9. The van der Waals surface area contributed by atoms with Gasteiger partial charge in [-0.3, -0.25) is 9.59 Å². The fourth-order valence-corrected chi connectivity index (χ4v) is 5.03. The molecule has 0 atom stereocenters. The number of aromatic nitrogens is 1. The van der Waals surface area contributed by atoms with Crippen molar-refractivity contribution in [3.05, 3.63) is 76.9 Å². The maximum absolute atomic E-state index is 13.5. The second kappa shape index (κ2) is 10.6. The van der Waals surface area contributed by atoms with E-state index in [4.69, 9.17) is 9.57 Å². The minimum Gasteiger partial charge on any atom is -0.492 e. The maximum atomic E-state index is 13.5. The molecule has 0 saturated heterocycles. The van der Waals surface area contributed by atoms with Crippen LogP contribution < -0.4 is 4.74 Å². The normalized spacial score (nSPS) is 14.4. The molecule has 1 aromatic heterocycles. The number of hydrogen-bond acceptors (Lipinski definition) is 6. The molecule has 0 amide bonds. The minimum atomic E-state index is -0.454. The summed E-state index contributed by atoms with van der Waals surface area (Å²) < 4.78 is 8.31. The number of Topliss-reactive ketones (excluding diaryl/α,β-unsaturated/α-hetero) is 1. The number of unbranched alkanes of at least 4 members (excludes halogenated alkanes) is 1. The molecule has 3 aromatic carbocycles. The van der Waals surface area contributed by atoms with Gasteiger partial charge >= 0.3 is 5.97 Å². The maximum Gasteiger partial charge on any atom is 0.335 e. The average Bonchev–Trinajstić information content (AvgIpc) is 3.16. The Hall–Kier alpha value is -4.26. The van der Waals surface area contributed by atoms with Crippen molar-refractivity contribution in [3.8, 4) is 5.75 Å². The predicted molar refractivity (Wildman–Crippen MR) is 147 cm³/mol. The van der Waals surface area contributed by atoms with Gasteiger partial charge in [0.1, 0.15) is 11.5 Å². The van der Waals surface area contributed by atoms with Crippen molar-refractivity contribution in [3.63, 3.8) is 0 Å². The van der Waals surface area contributed by atoms with Gasteiger partial charge in [-0.15, -0.1) is 0 Å². The fourth-order valence-electron chi connectivity index (χ4n) is 5.03. The lowest BCUT2D eigenvalue weighted by molar-refractivity contribution is -0.143. The smallest absolute Gasteiger partial charge is 0.335 e. The molecule has 0 unspecified atom stereocenters. The Morgan fingerprint density at radius 2 is 1.84 bits per heavy atom. The molecule has 1 aliphatic rings. The molecule has 0 fully saturated rings. The summed E-state index contributed by atoms with van der Waals surface area (Å²) in [6.07, 6.45) is 2.05. The van der Waals surface area contributed by atoms with Crippen molar-refractivity contribution in [2.75, 3.05) is 6.61 Å². The lowest BCUT2D eigenvalue weighted by Crippen LogP contribution is -2.15. The number of aryl methyl sites for hydroxylation is 2. The van der Waals surface area contributed by atoms with Crippen molar-refractivity contribution in [2.45, 2.75) is 53.0 Å². The standard InChI is InChI=1S/C31H30N2O5/c1-4-6-11-27(34)38-32-24-16-17-37-31-22(30(24)36)13-15-26-28(31)23-18-20(12-14-25(23)33(26)5-2)29(35)21-10-8-7-9-19(21)3/h7-10,12-15,18H,4-6,11,16-17H2,1-3H3/b32-24+. The van der Waals surface area contributed by atoms with Gasteiger partial charge < -0.3 is 14.1 Å². The lowest BCUT2D eigenvalue weighted by atomic mass is 9.97. The van der Waals surface area contributed by atoms with Crippen LogP contribution in [0, 0.1) is 6.92 Å². The Labute approximate surface area is 221 Å². The van der Waals surface area contributed by atoms with Crippen LogP contribution >= 0.6 is 0 Å². The predicted octanol–water partition coefficient (Wildman–Crippen LogP) is 6.41. The average molecular weight is 511 g/mol. The number of ether oxygens (including phenoxy) is 1. The third-order valence-electron chi connectivity index (χ3n) is 7.04. The topological polar surface area (TPSA) is 87.0 Å². The van der Waals surface area contributed by atoms with E-state index < -0.39 is 5.97 Å². The Morgan fingerprint density at radius 3 is 2.61 bits per heavy atom. The van der Waals surface area contributed by atoms with Crippen LogP contribution in [0.2, 0.25) is 0 Å². The van der Waals surface area contributed by atoms with E-state index in [0.29, 0.717) is 35.4 Å². The summed E-state index contributed by atoms with van der Waals surface area (Å²) in [5, 5.41) is 5.54. The van der Waals surface area contributed by atoms with Crippen LogP contribution in [0.3, 0.4) is 0 Å². The zero-order chi connectivity index (χ0) is 26.8. The second-order valence-corrected chi connectivity index (χ2v) is 9.49. The fraction of sp³-hybridized carbons (Fsp3) is 0.290. The number of oxime groups is 1. The van der Waals surface area contributed by atoms with Crippen LogP contribution in [-0.2, 0) is 16.2 Å². The molecule has 38 heavy (non-hydrogen) atoms. The van der Waals surface area contributed by atoms with E-state index in [2.05, 4.69) is 16.6 Å². The number of carbonyl (C=O) groups is 3. The first-order chi connectivity index (χ1) is 18.4. The molecule has 7 nitrogen and oxygen atoms in total. The summed E-state index contributed by atoms with van der Waals surface area (Å²) >= 11 is 0. The van der Waals surface area contributed by atoms with Gasteiger partial charge in [0.25, 0.3) is 0 Å². The van der Waals surface area contributed by atoms with E-state index in [1.807, 2.05) is 62.4 Å². The molecule has 0 radical (unpaired) electrons. The SMILES string of the molecule is CCCCC(=O)O/N=C1\CCOc2c(ccc3c2c2cc(C(=O)c4ccccc4C)ccc2n3CC)C1=O. The Balaban J connectivity index is 1.62. The summed E-state index contributed by atoms with van der Waals surface area (Å²) in [4.78, 5) is 43.8. The number of rotatable bonds is 7. The Kier molecular flexibility index (Phi) is 7.09. The highest BCUT2D eigenvalue weighted by molar-refractivity contribution is 6.47.